The number of nitrogens with one attached hydrogen (secondary N) is 1. The van der Waals surface area contributed by atoms with Crippen LogP contribution in [0, 0.1) is 5.92 Å². The minimum absolute atomic E-state index is 0.0462. The van der Waals surface area contributed by atoms with Gasteiger partial charge >= 0.3 is 0 Å². The molecule has 1 aliphatic rings. The third-order valence-electron chi connectivity index (χ3n) is 3.23. The summed E-state index contributed by atoms with van der Waals surface area (Å²) in [5.74, 6) is -0.485. The van der Waals surface area contributed by atoms with Crippen molar-refractivity contribution < 1.29 is 13.2 Å². The van der Waals surface area contributed by atoms with Gasteiger partial charge in [0.05, 0.1) is 5.75 Å². The van der Waals surface area contributed by atoms with Gasteiger partial charge in [-0.3, -0.25) is 9.52 Å². The average Bonchev–Trinajstić information content (AvgIpc) is 2.25. The zero-order valence-electron chi connectivity index (χ0n) is 10.1. The highest BCUT2D eigenvalue weighted by Gasteiger charge is 2.28. The summed E-state index contributed by atoms with van der Waals surface area (Å²) in [6.45, 7) is 0. The van der Waals surface area contributed by atoms with Crippen LogP contribution < -0.4 is 4.72 Å². The lowest BCUT2D eigenvalue weighted by atomic mass is 9.85. The Morgan fingerprint density at radius 1 is 1.22 bits per heavy atom. The van der Waals surface area contributed by atoms with Crippen molar-refractivity contribution in [2.75, 3.05) is 5.75 Å². The first kappa shape index (κ1) is 13.1. The summed E-state index contributed by atoms with van der Waals surface area (Å²) in [6, 6.07) is 9.38. The summed E-state index contributed by atoms with van der Waals surface area (Å²) in [5.41, 5.74) is 0.957. The van der Waals surface area contributed by atoms with Crippen molar-refractivity contribution in [1.82, 2.24) is 4.72 Å². The number of hydrogen-bond donors (Lipinski definition) is 1. The minimum atomic E-state index is -3.50. The lowest BCUT2D eigenvalue weighted by Crippen LogP contribution is -2.39. The molecule has 0 spiro atoms. The fourth-order valence-corrected chi connectivity index (χ4v) is 2.93. The predicted molar refractivity (Wildman–Crippen MR) is 69.4 cm³/mol. The summed E-state index contributed by atoms with van der Waals surface area (Å²) in [6.07, 6.45) is 3.05. The number of carbonyl (C=O) groups is 1. The Balaban J connectivity index is 1.85. The Hall–Kier alpha value is -1.36. The highest BCUT2D eigenvalue weighted by atomic mass is 32.2. The maximum absolute atomic E-state index is 11.7. The first-order chi connectivity index (χ1) is 8.57. The van der Waals surface area contributed by atoms with E-state index in [1.165, 1.54) is 0 Å². The van der Waals surface area contributed by atoms with E-state index in [1.807, 2.05) is 30.3 Å². The Bertz CT molecular complexity index is 506. The number of sulfonamides is 1. The van der Waals surface area contributed by atoms with E-state index < -0.39 is 10.0 Å². The van der Waals surface area contributed by atoms with Crippen molar-refractivity contribution in [1.29, 1.82) is 0 Å². The molecule has 0 unspecified atom stereocenters. The van der Waals surface area contributed by atoms with E-state index in [2.05, 4.69) is 4.72 Å². The molecule has 1 aromatic rings. The molecule has 1 amide bonds. The van der Waals surface area contributed by atoms with Gasteiger partial charge in [0.25, 0.3) is 0 Å². The van der Waals surface area contributed by atoms with Gasteiger partial charge in [-0.25, -0.2) is 8.42 Å². The SMILES string of the molecule is O=C(NS(=O)(=O)CCc1ccccc1)C1CCC1. The Labute approximate surface area is 107 Å². The lowest BCUT2D eigenvalue weighted by molar-refractivity contribution is -0.125. The van der Waals surface area contributed by atoms with Gasteiger partial charge < -0.3 is 0 Å². The predicted octanol–water partition coefficient (Wildman–Crippen LogP) is 1.48. The van der Waals surface area contributed by atoms with Crippen molar-refractivity contribution >= 4 is 15.9 Å². The van der Waals surface area contributed by atoms with E-state index in [-0.39, 0.29) is 17.6 Å². The van der Waals surface area contributed by atoms with Gasteiger partial charge in [0.2, 0.25) is 15.9 Å². The number of amides is 1. The topological polar surface area (TPSA) is 63.2 Å². The molecule has 5 heteroatoms. The second kappa shape index (κ2) is 5.52. The molecular formula is C13H17NO3S. The maximum Gasteiger partial charge on any atom is 0.236 e. The van der Waals surface area contributed by atoms with Crippen molar-refractivity contribution in [2.24, 2.45) is 5.92 Å². The van der Waals surface area contributed by atoms with Crippen LogP contribution in [0.25, 0.3) is 0 Å². The molecule has 1 N–H and O–H groups in total. The second-order valence-corrected chi connectivity index (χ2v) is 6.49. The first-order valence-electron chi connectivity index (χ1n) is 6.15. The van der Waals surface area contributed by atoms with E-state index in [0.29, 0.717) is 6.42 Å². The molecule has 0 aliphatic heterocycles. The molecule has 1 aliphatic carbocycles. The summed E-state index contributed by atoms with van der Waals surface area (Å²) < 4.78 is 25.6. The number of aryl methyl sites for hydroxylation is 1. The fourth-order valence-electron chi connectivity index (χ4n) is 1.85. The molecule has 0 bridgehead atoms. The monoisotopic (exact) mass is 267 g/mol. The van der Waals surface area contributed by atoms with Gasteiger partial charge in [0, 0.05) is 5.92 Å². The summed E-state index contributed by atoms with van der Waals surface area (Å²) in [4.78, 5) is 11.6. The van der Waals surface area contributed by atoms with E-state index in [1.54, 1.807) is 0 Å². The van der Waals surface area contributed by atoms with Crippen molar-refractivity contribution in [2.45, 2.75) is 25.7 Å². The third kappa shape index (κ3) is 3.57. The summed E-state index contributed by atoms with van der Waals surface area (Å²) in [5, 5.41) is 0. The van der Waals surface area contributed by atoms with Crippen LogP contribution in [-0.4, -0.2) is 20.1 Å². The molecule has 2 rings (SSSR count). The van der Waals surface area contributed by atoms with Crippen LogP contribution in [0.1, 0.15) is 24.8 Å². The van der Waals surface area contributed by atoms with Gasteiger partial charge in [0.1, 0.15) is 0 Å². The Morgan fingerprint density at radius 2 is 1.89 bits per heavy atom. The van der Waals surface area contributed by atoms with Gasteiger partial charge in [0.15, 0.2) is 0 Å². The molecule has 0 saturated heterocycles. The zero-order chi connectivity index (χ0) is 13.0. The molecule has 4 nitrogen and oxygen atoms in total. The van der Waals surface area contributed by atoms with Gasteiger partial charge in [-0.05, 0) is 24.8 Å². The van der Waals surface area contributed by atoms with Gasteiger partial charge in [-0.1, -0.05) is 36.8 Å². The fraction of sp³-hybridized carbons (Fsp3) is 0.462. The molecular weight excluding hydrogens is 250 g/mol. The smallest absolute Gasteiger partial charge is 0.236 e. The number of benzene rings is 1. The Morgan fingerprint density at radius 3 is 2.44 bits per heavy atom. The molecule has 0 aromatic heterocycles. The molecule has 1 saturated carbocycles. The largest absolute Gasteiger partial charge is 0.274 e. The van der Waals surface area contributed by atoms with Crippen molar-refractivity contribution in [3.05, 3.63) is 35.9 Å². The minimum Gasteiger partial charge on any atom is -0.274 e. The van der Waals surface area contributed by atoms with Gasteiger partial charge in [-0.2, -0.15) is 0 Å². The van der Waals surface area contributed by atoms with E-state index in [0.717, 1.165) is 24.8 Å². The molecule has 0 heterocycles. The summed E-state index contributed by atoms with van der Waals surface area (Å²) >= 11 is 0. The van der Waals surface area contributed by atoms with Crippen LogP contribution in [0.15, 0.2) is 30.3 Å². The summed E-state index contributed by atoms with van der Waals surface area (Å²) in [7, 11) is -3.50. The number of rotatable bonds is 5. The molecule has 98 valence electrons. The quantitative estimate of drug-likeness (QED) is 0.878. The first-order valence-corrected chi connectivity index (χ1v) is 7.80. The van der Waals surface area contributed by atoms with Crippen LogP contribution in [0.5, 0.6) is 0 Å². The molecule has 1 fully saturated rings. The van der Waals surface area contributed by atoms with Crippen LogP contribution in [0.4, 0.5) is 0 Å². The second-order valence-electron chi connectivity index (χ2n) is 4.65. The van der Waals surface area contributed by atoms with Crippen LogP contribution >= 0.6 is 0 Å². The highest BCUT2D eigenvalue weighted by molar-refractivity contribution is 7.90. The van der Waals surface area contributed by atoms with Crippen LogP contribution in [0.3, 0.4) is 0 Å². The normalized spacial score (nSPS) is 16.0. The number of carbonyl (C=O) groups excluding carboxylic acids is 1. The van der Waals surface area contributed by atoms with E-state index >= 15 is 0 Å². The van der Waals surface area contributed by atoms with Crippen molar-refractivity contribution in [3.63, 3.8) is 0 Å². The molecule has 18 heavy (non-hydrogen) atoms. The van der Waals surface area contributed by atoms with Crippen LogP contribution in [0.2, 0.25) is 0 Å². The third-order valence-corrected chi connectivity index (χ3v) is 4.49. The molecule has 1 aromatic carbocycles. The maximum atomic E-state index is 11.7. The van der Waals surface area contributed by atoms with Gasteiger partial charge in [-0.15, -0.1) is 0 Å². The number of hydrogen-bond acceptors (Lipinski definition) is 3. The standard InChI is InChI=1S/C13H17NO3S/c15-13(12-7-4-8-12)14-18(16,17)10-9-11-5-2-1-3-6-11/h1-3,5-6,12H,4,7-10H2,(H,14,15). The van der Waals surface area contributed by atoms with E-state index in [4.69, 9.17) is 0 Å². The lowest BCUT2D eigenvalue weighted by Gasteiger charge is -2.23. The van der Waals surface area contributed by atoms with Crippen LogP contribution in [-0.2, 0) is 21.2 Å². The Kier molecular flexibility index (Phi) is 4.01. The molecule has 0 radical (unpaired) electrons. The highest BCUT2D eigenvalue weighted by Crippen LogP contribution is 2.26. The zero-order valence-corrected chi connectivity index (χ0v) is 10.9. The van der Waals surface area contributed by atoms with Crippen molar-refractivity contribution in [3.8, 4) is 0 Å². The van der Waals surface area contributed by atoms with E-state index in [9.17, 15) is 13.2 Å². The average molecular weight is 267 g/mol. The molecule has 0 atom stereocenters.